The van der Waals surface area contributed by atoms with Crippen molar-refractivity contribution in [2.45, 2.75) is 5.72 Å². The Balaban J connectivity index is 2.46. The molecule has 0 unspecified atom stereocenters. The van der Waals surface area contributed by atoms with Gasteiger partial charge < -0.3 is 14.4 Å². The van der Waals surface area contributed by atoms with Crippen molar-refractivity contribution in [2.75, 3.05) is 26.4 Å². The zero-order valence-corrected chi connectivity index (χ0v) is 7.58. The minimum absolute atomic E-state index is 0.280. The molecule has 1 fully saturated rings. The third-order valence-electron chi connectivity index (χ3n) is 1.73. The number of rotatable bonds is 6. The lowest BCUT2D eigenvalue weighted by atomic mass is 10.3. The van der Waals surface area contributed by atoms with Crippen molar-refractivity contribution >= 4 is 0 Å². The summed E-state index contributed by atoms with van der Waals surface area (Å²) in [6.07, 6.45) is 0. The molecule has 0 aromatic rings. The molecule has 10 nitrogen and oxygen atoms in total. The lowest BCUT2D eigenvalue weighted by Gasteiger charge is -2.25. The molecular formula is C5H9N3O7. The van der Waals surface area contributed by atoms with E-state index in [0.29, 0.717) is 6.54 Å². The van der Waals surface area contributed by atoms with Crippen LogP contribution in [0, 0.1) is 20.2 Å². The quantitative estimate of drug-likeness (QED) is 0.435. The second-order valence-corrected chi connectivity index (χ2v) is 2.76. The van der Waals surface area contributed by atoms with Crippen LogP contribution in [0.1, 0.15) is 0 Å². The molecule has 1 aliphatic heterocycles. The predicted octanol–water partition coefficient (Wildman–Crippen LogP) is -1.28. The summed E-state index contributed by atoms with van der Waals surface area (Å²) in [5.41, 5.74) is -1.32. The molecule has 0 aromatic heterocycles. The fourth-order valence-corrected chi connectivity index (χ4v) is 1.12. The Hall–Kier alpha value is -1.68. The molecule has 0 aliphatic carbocycles. The van der Waals surface area contributed by atoms with Crippen molar-refractivity contribution in [1.29, 1.82) is 0 Å². The molecular weight excluding hydrogens is 214 g/mol. The molecule has 1 heterocycles. The van der Waals surface area contributed by atoms with Gasteiger partial charge in [0.1, 0.15) is 13.2 Å². The van der Waals surface area contributed by atoms with Gasteiger partial charge >= 0.3 is 0 Å². The number of ether oxygens (including phenoxy) is 1. The van der Waals surface area contributed by atoms with E-state index in [-0.39, 0.29) is 6.61 Å². The highest BCUT2D eigenvalue weighted by molar-refractivity contribution is 4.81. The Morgan fingerprint density at radius 1 is 1.27 bits per heavy atom. The van der Waals surface area contributed by atoms with Crippen molar-refractivity contribution in [3.8, 4) is 0 Å². The highest BCUT2D eigenvalue weighted by Gasteiger charge is 2.37. The molecule has 0 bridgehead atoms. The maximum atomic E-state index is 9.96. The maximum Gasteiger partial charge on any atom is 0.294 e. The number of nitrogens with zero attached hydrogens (tertiary/aromatic N) is 2. The molecule has 15 heavy (non-hydrogen) atoms. The van der Waals surface area contributed by atoms with E-state index in [0.717, 1.165) is 0 Å². The first kappa shape index (κ1) is 11.4. The molecule has 86 valence electrons. The van der Waals surface area contributed by atoms with E-state index in [1.807, 2.05) is 0 Å². The fraction of sp³-hybridized carbons (Fsp3) is 1.00. The average molecular weight is 223 g/mol. The largest absolute Gasteiger partial charge is 0.355 e. The van der Waals surface area contributed by atoms with E-state index >= 15 is 0 Å². The van der Waals surface area contributed by atoms with Gasteiger partial charge in [0.05, 0.1) is 6.61 Å². The van der Waals surface area contributed by atoms with Crippen LogP contribution in [-0.4, -0.2) is 42.3 Å². The van der Waals surface area contributed by atoms with E-state index < -0.39 is 29.1 Å². The van der Waals surface area contributed by atoms with Gasteiger partial charge in [0.15, 0.2) is 5.72 Å². The van der Waals surface area contributed by atoms with Crippen LogP contribution in [0.5, 0.6) is 0 Å². The van der Waals surface area contributed by atoms with E-state index in [4.69, 9.17) is 4.74 Å². The normalized spacial score (nSPS) is 18.4. The summed E-state index contributed by atoms with van der Waals surface area (Å²) in [4.78, 5) is 28.1. The summed E-state index contributed by atoms with van der Waals surface area (Å²) in [7, 11) is 0. The second-order valence-electron chi connectivity index (χ2n) is 2.76. The molecule has 0 aromatic carbocycles. The zero-order valence-electron chi connectivity index (χ0n) is 7.58. The molecule has 0 atom stereocenters. The van der Waals surface area contributed by atoms with Gasteiger partial charge in [-0.3, -0.25) is 5.32 Å². The van der Waals surface area contributed by atoms with Gasteiger partial charge in [0.25, 0.3) is 10.2 Å². The minimum Gasteiger partial charge on any atom is -0.355 e. The van der Waals surface area contributed by atoms with Crippen LogP contribution in [0.3, 0.4) is 0 Å². The monoisotopic (exact) mass is 223 g/mol. The van der Waals surface area contributed by atoms with Gasteiger partial charge in [0.2, 0.25) is 0 Å². The van der Waals surface area contributed by atoms with Crippen LogP contribution in [-0.2, 0) is 14.4 Å². The third kappa shape index (κ3) is 3.52. The smallest absolute Gasteiger partial charge is 0.294 e. The summed E-state index contributed by atoms with van der Waals surface area (Å²) >= 11 is 0. The molecule has 0 saturated carbocycles. The highest BCUT2D eigenvalue weighted by Crippen LogP contribution is 2.13. The molecule has 0 amide bonds. The van der Waals surface area contributed by atoms with Crippen LogP contribution in [0.4, 0.5) is 0 Å². The third-order valence-corrected chi connectivity index (χ3v) is 1.73. The Morgan fingerprint density at radius 2 is 1.80 bits per heavy atom. The Kier molecular flexibility index (Phi) is 3.57. The van der Waals surface area contributed by atoms with Crippen molar-refractivity contribution in [3.63, 3.8) is 0 Å². The van der Waals surface area contributed by atoms with Crippen LogP contribution in [0.2, 0.25) is 0 Å². The van der Waals surface area contributed by atoms with E-state index in [1.54, 1.807) is 0 Å². The van der Waals surface area contributed by atoms with Gasteiger partial charge in [0, 0.05) is 6.54 Å². The zero-order chi connectivity index (χ0) is 11.3. The summed E-state index contributed by atoms with van der Waals surface area (Å²) in [5.74, 6) is 0. The topological polar surface area (TPSA) is 126 Å². The van der Waals surface area contributed by atoms with Crippen molar-refractivity contribution in [3.05, 3.63) is 20.2 Å². The molecule has 1 rings (SSSR count). The fourth-order valence-electron chi connectivity index (χ4n) is 1.12. The average Bonchev–Trinajstić information content (AvgIpc) is 2.61. The van der Waals surface area contributed by atoms with Gasteiger partial charge in [-0.2, -0.15) is 0 Å². The number of hydrogen-bond donors (Lipinski definition) is 1. The van der Waals surface area contributed by atoms with Crippen molar-refractivity contribution in [2.24, 2.45) is 0 Å². The highest BCUT2D eigenvalue weighted by atomic mass is 17.0. The van der Waals surface area contributed by atoms with E-state index in [2.05, 4.69) is 15.0 Å². The van der Waals surface area contributed by atoms with Crippen LogP contribution >= 0.6 is 0 Å². The maximum absolute atomic E-state index is 9.96. The van der Waals surface area contributed by atoms with Gasteiger partial charge in [-0.05, 0) is 0 Å². The molecule has 0 radical (unpaired) electrons. The molecule has 1 aliphatic rings. The molecule has 1 N–H and O–H groups in total. The first-order valence-corrected chi connectivity index (χ1v) is 3.98. The first-order valence-electron chi connectivity index (χ1n) is 3.98. The summed E-state index contributed by atoms with van der Waals surface area (Å²) in [6.45, 7) is -0.230. The minimum atomic E-state index is -1.32. The predicted molar refractivity (Wildman–Crippen MR) is 42.6 cm³/mol. The number of nitrogens with one attached hydrogen (secondary N) is 1. The summed E-state index contributed by atoms with van der Waals surface area (Å²) in [6, 6.07) is 0. The second kappa shape index (κ2) is 4.70. The standard InChI is InChI=1S/C5H9N3O7/c9-7(10)14-3-5(4-15-8(11)12)6-1-2-13-5/h6H,1-4H2. The first-order chi connectivity index (χ1) is 7.04. The van der Waals surface area contributed by atoms with Crippen LogP contribution in [0.15, 0.2) is 0 Å². The molecule has 1 saturated heterocycles. The van der Waals surface area contributed by atoms with Gasteiger partial charge in [-0.25, -0.2) is 0 Å². The van der Waals surface area contributed by atoms with E-state index in [1.165, 1.54) is 0 Å². The van der Waals surface area contributed by atoms with Crippen molar-refractivity contribution < 1.29 is 24.6 Å². The lowest BCUT2D eigenvalue weighted by Crippen LogP contribution is -2.50. The molecule has 0 spiro atoms. The summed E-state index contributed by atoms with van der Waals surface area (Å²) in [5, 5.41) is 20.6. The Labute approximate surface area is 83.3 Å². The van der Waals surface area contributed by atoms with E-state index in [9.17, 15) is 20.2 Å². The molecule has 10 heteroatoms. The van der Waals surface area contributed by atoms with Crippen molar-refractivity contribution in [1.82, 2.24) is 5.32 Å². The Morgan fingerprint density at radius 3 is 2.13 bits per heavy atom. The van der Waals surface area contributed by atoms with Gasteiger partial charge in [-0.15, -0.1) is 20.2 Å². The van der Waals surface area contributed by atoms with Crippen LogP contribution < -0.4 is 5.32 Å². The summed E-state index contributed by atoms with van der Waals surface area (Å²) < 4.78 is 5.07. The number of hydrogen-bond acceptors (Lipinski definition) is 8. The Bertz CT molecular complexity index is 231. The lowest BCUT2D eigenvalue weighted by molar-refractivity contribution is -0.772. The van der Waals surface area contributed by atoms with Crippen LogP contribution in [0.25, 0.3) is 0 Å². The van der Waals surface area contributed by atoms with Gasteiger partial charge in [-0.1, -0.05) is 0 Å². The SMILES string of the molecule is O=[N+]([O-])OCC1(CO[N+](=O)[O-])NCCO1.